The van der Waals surface area contributed by atoms with E-state index < -0.39 is 6.10 Å². The highest BCUT2D eigenvalue weighted by atomic mass is 19.1. The molecule has 1 saturated carbocycles. The second-order valence-corrected chi connectivity index (χ2v) is 4.99. The van der Waals surface area contributed by atoms with Gasteiger partial charge in [0.25, 0.3) is 0 Å². The van der Waals surface area contributed by atoms with Gasteiger partial charge in [0.1, 0.15) is 5.82 Å². The Balaban J connectivity index is 1.84. The molecule has 2 nitrogen and oxygen atoms in total. The molecule has 3 unspecified atom stereocenters. The zero-order valence-electron chi connectivity index (χ0n) is 10.2. The lowest BCUT2D eigenvalue weighted by Crippen LogP contribution is -2.34. The maximum atomic E-state index is 12.7. The summed E-state index contributed by atoms with van der Waals surface area (Å²) in [6.07, 6.45) is 3.18. The van der Waals surface area contributed by atoms with E-state index in [1.54, 1.807) is 12.1 Å². The Labute approximate surface area is 102 Å². The van der Waals surface area contributed by atoms with Crippen molar-refractivity contribution in [2.45, 2.75) is 38.3 Å². The van der Waals surface area contributed by atoms with E-state index in [1.165, 1.54) is 31.4 Å². The van der Waals surface area contributed by atoms with E-state index in [4.69, 9.17) is 0 Å². The number of benzene rings is 1. The molecule has 1 aliphatic rings. The maximum Gasteiger partial charge on any atom is 0.123 e. The van der Waals surface area contributed by atoms with Crippen molar-refractivity contribution in [1.82, 2.24) is 5.32 Å². The van der Waals surface area contributed by atoms with Gasteiger partial charge in [-0.15, -0.1) is 0 Å². The quantitative estimate of drug-likeness (QED) is 0.843. The van der Waals surface area contributed by atoms with Crippen LogP contribution in [0.3, 0.4) is 0 Å². The fourth-order valence-electron chi connectivity index (χ4n) is 2.51. The molecule has 1 fully saturated rings. The molecule has 0 bridgehead atoms. The smallest absolute Gasteiger partial charge is 0.123 e. The highest BCUT2D eigenvalue weighted by molar-refractivity contribution is 5.18. The van der Waals surface area contributed by atoms with E-state index in [1.807, 2.05) is 0 Å². The molecule has 2 N–H and O–H groups in total. The lowest BCUT2D eigenvalue weighted by Gasteiger charge is -2.20. The molecule has 0 aliphatic heterocycles. The molecular formula is C14H20FNO. The molecule has 1 aromatic rings. The van der Waals surface area contributed by atoms with Gasteiger partial charge in [0.2, 0.25) is 0 Å². The van der Waals surface area contributed by atoms with Crippen LogP contribution in [0.25, 0.3) is 0 Å². The third-order valence-electron chi connectivity index (χ3n) is 3.69. The van der Waals surface area contributed by atoms with E-state index in [0.717, 1.165) is 5.56 Å². The topological polar surface area (TPSA) is 32.3 Å². The molecule has 0 spiro atoms. The summed E-state index contributed by atoms with van der Waals surface area (Å²) >= 11 is 0. The molecule has 0 heterocycles. The van der Waals surface area contributed by atoms with Crippen molar-refractivity contribution in [1.29, 1.82) is 0 Å². The second-order valence-electron chi connectivity index (χ2n) is 4.99. The van der Waals surface area contributed by atoms with Crippen LogP contribution in [0.15, 0.2) is 24.3 Å². The molecule has 0 radical (unpaired) electrons. The monoisotopic (exact) mass is 237 g/mol. The summed E-state index contributed by atoms with van der Waals surface area (Å²) in [5.41, 5.74) is 0.768. The van der Waals surface area contributed by atoms with Crippen molar-refractivity contribution in [2.75, 3.05) is 6.54 Å². The van der Waals surface area contributed by atoms with Crippen molar-refractivity contribution < 1.29 is 9.50 Å². The zero-order chi connectivity index (χ0) is 12.3. The molecule has 0 amide bonds. The zero-order valence-corrected chi connectivity index (χ0v) is 10.2. The Kier molecular flexibility index (Phi) is 4.13. The average molecular weight is 237 g/mol. The number of hydrogen-bond acceptors (Lipinski definition) is 2. The largest absolute Gasteiger partial charge is 0.387 e. The van der Waals surface area contributed by atoms with Gasteiger partial charge < -0.3 is 10.4 Å². The van der Waals surface area contributed by atoms with Crippen molar-refractivity contribution in [3.63, 3.8) is 0 Å². The summed E-state index contributed by atoms with van der Waals surface area (Å²) in [4.78, 5) is 0. The van der Waals surface area contributed by atoms with Crippen LogP contribution in [0.4, 0.5) is 4.39 Å². The maximum absolute atomic E-state index is 12.7. The number of aliphatic hydroxyl groups is 1. The summed E-state index contributed by atoms with van der Waals surface area (Å²) in [6.45, 7) is 2.79. The molecular weight excluding hydrogens is 217 g/mol. The van der Waals surface area contributed by atoms with Crippen molar-refractivity contribution in [3.8, 4) is 0 Å². The first-order chi connectivity index (χ1) is 8.16. The molecule has 0 aromatic heterocycles. The van der Waals surface area contributed by atoms with Crippen LogP contribution in [0.1, 0.15) is 37.9 Å². The molecule has 1 aromatic carbocycles. The van der Waals surface area contributed by atoms with Gasteiger partial charge in [-0.05, 0) is 36.5 Å². The van der Waals surface area contributed by atoms with Gasteiger partial charge in [0.15, 0.2) is 0 Å². The Morgan fingerprint density at radius 2 is 2.06 bits per heavy atom. The number of nitrogens with one attached hydrogen (secondary N) is 1. The Bertz CT molecular complexity index is 352. The summed E-state index contributed by atoms with van der Waals surface area (Å²) in [7, 11) is 0. The van der Waals surface area contributed by atoms with E-state index in [-0.39, 0.29) is 5.82 Å². The standard InChI is InChI=1S/C14H20FNO/c1-10-3-2-4-13(10)16-9-14(17)11-5-7-12(15)8-6-11/h5-8,10,13-14,16-17H,2-4,9H2,1H3. The van der Waals surface area contributed by atoms with Crippen LogP contribution in [-0.4, -0.2) is 17.7 Å². The summed E-state index contributed by atoms with van der Waals surface area (Å²) in [5.74, 6) is 0.425. The third kappa shape index (κ3) is 3.27. The van der Waals surface area contributed by atoms with E-state index in [2.05, 4.69) is 12.2 Å². The Hall–Kier alpha value is -0.930. The summed E-state index contributed by atoms with van der Waals surface area (Å²) in [6, 6.07) is 6.57. The average Bonchev–Trinajstić information content (AvgIpc) is 2.73. The first kappa shape index (κ1) is 12.5. The minimum atomic E-state index is -0.552. The van der Waals surface area contributed by atoms with Gasteiger partial charge >= 0.3 is 0 Å². The second kappa shape index (κ2) is 5.61. The molecule has 94 valence electrons. The predicted molar refractivity (Wildman–Crippen MR) is 66.2 cm³/mol. The van der Waals surface area contributed by atoms with Gasteiger partial charge in [0.05, 0.1) is 6.10 Å². The predicted octanol–water partition coefficient (Wildman–Crippen LogP) is 2.64. The van der Waals surface area contributed by atoms with E-state index >= 15 is 0 Å². The van der Waals surface area contributed by atoms with Crippen LogP contribution in [0, 0.1) is 11.7 Å². The van der Waals surface area contributed by atoms with Crippen LogP contribution < -0.4 is 5.32 Å². The minimum Gasteiger partial charge on any atom is -0.387 e. The van der Waals surface area contributed by atoms with Crippen LogP contribution in [0.2, 0.25) is 0 Å². The fraction of sp³-hybridized carbons (Fsp3) is 0.571. The van der Waals surface area contributed by atoms with Crippen molar-refractivity contribution in [3.05, 3.63) is 35.6 Å². The summed E-state index contributed by atoms with van der Waals surface area (Å²) in [5, 5.41) is 13.4. The van der Waals surface area contributed by atoms with Gasteiger partial charge in [-0.1, -0.05) is 25.5 Å². The lowest BCUT2D eigenvalue weighted by molar-refractivity contribution is 0.167. The van der Waals surface area contributed by atoms with Gasteiger partial charge in [-0.2, -0.15) is 0 Å². The molecule has 3 heteroatoms. The third-order valence-corrected chi connectivity index (χ3v) is 3.69. The fourth-order valence-corrected chi connectivity index (χ4v) is 2.51. The SMILES string of the molecule is CC1CCCC1NCC(O)c1ccc(F)cc1. The summed E-state index contributed by atoms with van der Waals surface area (Å²) < 4.78 is 12.7. The number of aliphatic hydroxyl groups excluding tert-OH is 1. The molecule has 3 atom stereocenters. The number of rotatable bonds is 4. The molecule has 0 saturated heterocycles. The van der Waals surface area contributed by atoms with E-state index in [9.17, 15) is 9.50 Å². The molecule has 17 heavy (non-hydrogen) atoms. The van der Waals surface area contributed by atoms with Crippen LogP contribution >= 0.6 is 0 Å². The first-order valence-electron chi connectivity index (χ1n) is 6.33. The molecule has 2 rings (SSSR count). The highest BCUT2D eigenvalue weighted by Gasteiger charge is 2.23. The van der Waals surface area contributed by atoms with Gasteiger partial charge in [0, 0.05) is 12.6 Å². The van der Waals surface area contributed by atoms with Crippen LogP contribution in [-0.2, 0) is 0 Å². The Morgan fingerprint density at radius 1 is 1.35 bits per heavy atom. The number of hydrogen-bond donors (Lipinski definition) is 2. The minimum absolute atomic E-state index is 0.265. The first-order valence-corrected chi connectivity index (χ1v) is 6.33. The normalized spacial score (nSPS) is 26.1. The molecule has 1 aliphatic carbocycles. The van der Waals surface area contributed by atoms with Crippen molar-refractivity contribution >= 4 is 0 Å². The van der Waals surface area contributed by atoms with Crippen LogP contribution in [0.5, 0.6) is 0 Å². The van der Waals surface area contributed by atoms with Gasteiger partial charge in [-0.3, -0.25) is 0 Å². The van der Waals surface area contributed by atoms with Crippen molar-refractivity contribution in [2.24, 2.45) is 5.92 Å². The number of halogens is 1. The van der Waals surface area contributed by atoms with E-state index in [0.29, 0.717) is 18.5 Å². The lowest BCUT2D eigenvalue weighted by atomic mass is 10.1. The highest BCUT2D eigenvalue weighted by Crippen LogP contribution is 2.25. The van der Waals surface area contributed by atoms with Gasteiger partial charge in [-0.25, -0.2) is 4.39 Å². The Morgan fingerprint density at radius 3 is 2.65 bits per heavy atom.